The number of anilines is 1. The van der Waals surface area contributed by atoms with Gasteiger partial charge in [0.15, 0.2) is 0 Å². The Morgan fingerprint density at radius 3 is 2.89 bits per heavy atom. The van der Waals surface area contributed by atoms with Gasteiger partial charge in [0.2, 0.25) is 5.89 Å². The van der Waals surface area contributed by atoms with Crippen molar-refractivity contribution in [3.8, 4) is 0 Å². The first-order valence-corrected chi connectivity index (χ1v) is 7.10. The Balaban J connectivity index is 1.67. The van der Waals surface area contributed by atoms with E-state index in [0.717, 1.165) is 25.4 Å². The number of hydrogen-bond acceptors (Lipinski definition) is 5. The van der Waals surface area contributed by atoms with Crippen LogP contribution in [0, 0.1) is 5.92 Å². The van der Waals surface area contributed by atoms with E-state index in [0.29, 0.717) is 11.9 Å². The molecule has 5 nitrogen and oxygen atoms in total. The van der Waals surface area contributed by atoms with E-state index < -0.39 is 0 Å². The first-order valence-electron chi connectivity index (χ1n) is 7.10. The van der Waals surface area contributed by atoms with E-state index in [1.54, 1.807) is 0 Å². The lowest BCUT2D eigenvalue weighted by Gasteiger charge is -2.07. The fraction of sp³-hybridized carbons (Fsp3) is 0.846. The third-order valence-corrected chi connectivity index (χ3v) is 3.27. The second-order valence-corrected chi connectivity index (χ2v) is 5.13. The van der Waals surface area contributed by atoms with Crippen molar-refractivity contribution in [1.29, 1.82) is 0 Å². The van der Waals surface area contributed by atoms with Crippen LogP contribution in [0.5, 0.6) is 0 Å². The summed E-state index contributed by atoms with van der Waals surface area (Å²) in [6.07, 6.45) is 6.45. The lowest BCUT2D eigenvalue weighted by atomic mass is 10.2. The molecule has 0 saturated heterocycles. The summed E-state index contributed by atoms with van der Waals surface area (Å²) in [4.78, 5) is 0. The molecule has 2 rings (SSSR count). The third-order valence-electron chi connectivity index (χ3n) is 3.27. The second-order valence-electron chi connectivity index (χ2n) is 5.13. The summed E-state index contributed by atoms with van der Waals surface area (Å²) in [7, 11) is 0. The predicted molar refractivity (Wildman–Crippen MR) is 71.5 cm³/mol. The Kier molecular flexibility index (Phi) is 4.99. The quantitative estimate of drug-likeness (QED) is 0.662. The van der Waals surface area contributed by atoms with Crippen LogP contribution in [0.4, 0.5) is 6.01 Å². The van der Waals surface area contributed by atoms with Crippen LogP contribution < -0.4 is 10.6 Å². The number of hydrogen-bond donors (Lipinski definition) is 2. The lowest BCUT2D eigenvalue weighted by Crippen LogP contribution is -2.19. The van der Waals surface area contributed by atoms with Gasteiger partial charge in [-0.15, -0.1) is 5.10 Å². The molecule has 0 aromatic carbocycles. The number of nitrogens with zero attached hydrogens (tertiary/aromatic N) is 2. The first kappa shape index (κ1) is 13.3. The van der Waals surface area contributed by atoms with Crippen LogP contribution in [0.1, 0.15) is 57.9 Å². The average molecular weight is 252 g/mol. The third kappa shape index (κ3) is 4.29. The summed E-state index contributed by atoms with van der Waals surface area (Å²) >= 11 is 0. The van der Waals surface area contributed by atoms with E-state index in [2.05, 4.69) is 27.8 Å². The summed E-state index contributed by atoms with van der Waals surface area (Å²) in [6.45, 7) is 6.07. The number of nitrogens with one attached hydrogen (secondary N) is 2. The van der Waals surface area contributed by atoms with Crippen LogP contribution in [0.2, 0.25) is 0 Å². The van der Waals surface area contributed by atoms with Gasteiger partial charge in [-0.2, -0.15) is 0 Å². The molecule has 0 radical (unpaired) electrons. The maximum atomic E-state index is 5.57. The summed E-state index contributed by atoms with van der Waals surface area (Å²) in [5.74, 6) is 1.65. The zero-order valence-electron chi connectivity index (χ0n) is 11.4. The van der Waals surface area contributed by atoms with Gasteiger partial charge in [-0.25, -0.2) is 0 Å². The van der Waals surface area contributed by atoms with E-state index in [1.807, 2.05) is 6.92 Å². The average Bonchev–Trinajstić information content (AvgIpc) is 3.08. The molecular weight excluding hydrogens is 228 g/mol. The van der Waals surface area contributed by atoms with Crippen molar-refractivity contribution in [3.63, 3.8) is 0 Å². The molecule has 1 saturated carbocycles. The summed E-state index contributed by atoms with van der Waals surface area (Å²) < 4.78 is 5.57. The fourth-order valence-electron chi connectivity index (χ4n) is 1.92. The molecule has 5 heteroatoms. The predicted octanol–water partition coefficient (Wildman–Crippen LogP) is 2.73. The van der Waals surface area contributed by atoms with Crippen molar-refractivity contribution in [2.75, 3.05) is 18.4 Å². The van der Waals surface area contributed by atoms with Crippen molar-refractivity contribution in [2.45, 2.75) is 52.0 Å². The Bertz CT molecular complexity index is 349. The lowest BCUT2D eigenvalue weighted by molar-refractivity contribution is 0.422. The molecular formula is C13H24N4O. The highest BCUT2D eigenvalue weighted by atomic mass is 16.4. The van der Waals surface area contributed by atoms with E-state index in [9.17, 15) is 0 Å². The molecule has 1 aliphatic carbocycles. The van der Waals surface area contributed by atoms with Gasteiger partial charge >= 0.3 is 6.01 Å². The van der Waals surface area contributed by atoms with Gasteiger partial charge in [0.05, 0.1) is 6.04 Å². The van der Waals surface area contributed by atoms with Crippen LogP contribution in [0.15, 0.2) is 4.42 Å². The first-order chi connectivity index (χ1) is 8.79. The van der Waals surface area contributed by atoms with Gasteiger partial charge in [-0.1, -0.05) is 24.9 Å². The Labute approximate surface area is 109 Å². The molecule has 1 unspecified atom stereocenters. The largest absolute Gasteiger partial charge is 0.406 e. The number of aromatic nitrogens is 2. The SMILES string of the molecule is CCCNC(C)c1nnc(NCCCC2CC2)o1. The molecule has 1 aliphatic rings. The maximum absolute atomic E-state index is 5.57. The Morgan fingerprint density at radius 1 is 1.33 bits per heavy atom. The van der Waals surface area contributed by atoms with Crippen LogP contribution in [0.3, 0.4) is 0 Å². The Hall–Kier alpha value is -1.10. The summed E-state index contributed by atoms with van der Waals surface area (Å²) in [5.41, 5.74) is 0. The van der Waals surface area contributed by atoms with Crippen LogP contribution >= 0.6 is 0 Å². The van der Waals surface area contributed by atoms with Gasteiger partial charge in [0, 0.05) is 6.54 Å². The van der Waals surface area contributed by atoms with E-state index in [4.69, 9.17) is 4.42 Å². The number of rotatable bonds is 9. The second kappa shape index (κ2) is 6.73. The molecule has 0 spiro atoms. The fourth-order valence-corrected chi connectivity index (χ4v) is 1.92. The van der Waals surface area contributed by atoms with Gasteiger partial charge in [-0.3, -0.25) is 0 Å². The molecule has 1 aromatic heterocycles. The van der Waals surface area contributed by atoms with Crippen molar-refractivity contribution >= 4 is 6.01 Å². The molecule has 1 fully saturated rings. The monoisotopic (exact) mass is 252 g/mol. The molecule has 0 bridgehead atoms. The minimum atomic E-state index is 0.125. The Morgan fingerprint density at radius 2 is 2.17 bits per heavy atom. The van der Waals surface area contributed by atoms with Gasteiger partial charge in [0.25, 0.3) is 0 Å². The van der Waals surface area contributed by atoms with Crippen LogP contribution in [-0.2, 0) is 0 Å². The van der Waals surface area contributed by atoms with Crippen molar-refractivity contribution in [3.05, 3.63) is 5.89 Å². The minimum Gasteiger partial charge on any atom is -0.406 e. The van der Waals surface area contributed by atoms with Crippen molar-refractivity contribution < 1.29 is 4.42 Å². The molecule has 1 atom stereocenters. The van der Waals surface area contributed by atoms with E-state index in [1.165, 1.54) is 25.7 Å². The molecule has 2 N–H and O–H groups in total. The van der Waals surface area contributed by atoms with Crippen molar-refractivity contribution in [2.24, 2.45) is 5.92 Å². The zero-order chi connectivity index (χ0) is 12.8. The van der Waals surface area contributed by atoms with E-state index >= 15 is 0 Å². The summed E-state index contributed by atoms with van der Waals surface area (Å²) in [6, 6.07) is 0.672. The van der Waals surface area contributed by atoms with Gasteiger partial charge in [0.1, 0.15) is 0 Å². The highest BCUT2D eigenvalue weighted by Gasteiger charge is 2.20. The molecule has 0 aliphatic heterocycles. The molecule has 1 aromatic rings. The standard InChI is InChI=1S/C13H24N4O/c1-3-8-14-10(2)12-16-17-13(18-12)15-9-4-5-11-6-7-11/h10-11,14H,3-9H2,1-2H3,(H,15,17). The topological polar surface area (TPSA) is 63.0 Å². The van der Waals surface area contributed by atoms with Gasteiger partial charge < -0.3 is 15.1 Å². The summed E-state index contributed by atoms with van der Waals surface area (Å²) in [5, 5.41) is 14.6. The zero-order valence-corrected chi connectivity index (χ0v) is 11.4. The molecule has 0 amide bonds. The van der Waals surface area contributed by atoms with Crippen LogP contribution in [0.25, 0.3) is 0 Å². The van der Waals surface area contributed by atoms with E-state index in [-0.39, 0.29) is 6.04 Å². The highest BCUT2D eigenvalue weighted by Crippen LogP contribution is 2.33. The molecule has 18 heavy (non-hydrogen) atoms. The van der Waals surface area contributed by atoms with Crippen molar-refractivity contribution in [1.82, 2.24) is 15.5 Å². The van der Waals surface area contributed by atoms with Crippen LogP contribution in [-0.4, -0.2) is 23.3 Å². The van der Waals surface area contributed by atoms with Gasteiger partial charge in [-0.05, 0) is 38.6 Å². The molecule has 102 valence electrons. The maximum Gasteiger partial charge on any atom is 0.315 e. The molecule has 1 heterocycles. The highest BCUT2D eigenvalue weighted by molar-refractivity contribution is 5.16. The minimum absolute atomic E-state index is 0.125. The smallest absolute Gasteiger partial charge is 0.315 e. The normalized spacial score (nSPS) is 16.8.